The van der Waals surface area contributed by atoms with Crippen molar-refractivity contribution in [3.63, 3.8) is 0 Å². The Labute approximate surface area is 125 Å². The topological polar surface area (TPSA) is 50.4 Å². The third-order valence-electron chi connectivity index (χ3n) is 2.93. The van der Waals surface area contributed by atoms with Crippen LogP contribution in [0.1, 0.15) is 12.5 Å². The first-order chi connectivity index (χ1) is 10.2. The fourth-order valence-corrected chi connectivity index (χ4v) is 1.89. The molecule has 2 rings (SSSR count). The Hall–Kier alpha value is -2.49. The number of ether oxygens (including phenoxy) is 1. The van der Waals surface area contributed by atoms with Gasteiger partial charge in [-0.15, -0.1) is 0 Å². The summed E-state index contributed by atoms with van der Waals surface area (Å²) in [5.41, 5.74) is 2.83. The molecule has 0 radical (unpaired) electrons. The second-order valence-corrected chi connectivity index (χ2v) is 4.73. The molecule has 0 aromatic heterocycles. The molecule has 0 fully saturated rings. The Kier molecular flexibility index (Phi) is 5.21. The summed E-state index contributed by atoms with van der Waals surface area (Å²) in [6, 6.07) is 15.3. The van der Waals surface area contributed by atoms with E-state index in [-0.39, 0.29) is 12.5 Å². The number of aryl methyl sites for hydroxylation is 1. The van der Waals surface area contributed by atoms with E-state index in [4.69, 9.17) is 4.74 Å². The number of amides is 1. The van der Waals surface area contributed by atoms with Crippen LogP contribution < -0.4 is 15.4 Å². The molecule has 0 unspecified atom stereocenters. The maximum absolute atomic E-state index is 11.9. The number of rotatable bonds is 6. The largest absolute Gasteiger partial charge is 0.494 e. The molecule has 4 heteroatoms. The number of carbonyl (C=O) groups excluding carboxylic acids is 1. The standard InChI is InChI=1S/C17H20N2O2/c1-3-21-16-6-4-5-15(11-16)18-12-17(20)19-14-9-7-13(2)8-10-14/h4-11,18H,3,12H2,1-2H3,(H,19,20). The molecule has 4 nitrogen and oxygen atoms in total. The number of nitrogens with one attached hydrogen (secondary N) is 2. The second-order valence-electron chi connectivity index (χ2n) is 4.73. The highest BCUT2D eigenvalue weighted by molar-refractivity contribution is 5.93. The average Bonchev–Trinajstić information content (AvgIpc) is 2.48. The lowest BCUT2D eigenvalue weighted by atomic mass is 10.2. The minimum atomic E-state index is -0.0827. The van der Waals surface area contributed by atoms with Gasteiger partial charge in [-0.1, -0.05) is 23.8 Å². The number of hydrogen-bond acceptors (Lipinski definition) is 3. The number of benzene rings is 2. The van der Waals surface area contributed by atoms with Crippen molar-refractivity contribution < 1.29 is 9.53 Å². The Morgan fingerprint density at radius 3 is 2.57 bits per heavy atom. The van der Waals surface area contributed by atoms with Gasteiger partial charge < -0.3 is 15.4 Å². The first-order valence-corrected chi connectivity index (χ1v) is 7.00. The first-order valence-electron chi connectivity index (χ1n) is 7.00. The third-order valence-corrected chi connectivity index (χ3v) is 2.93. The Morgan fingerprint density at radius 2 is 1.86 bits per heavy atom. The van der Waals surface area contributed by atoms with Gasteiger partial charge in [0.2, 0.25) is 5.91 Å². The summed E-state index contributed by atoms with van der Waals surface area (Å²) in [7, 11) is 0. The summed E-state index contributed by atoms with van der Waals surface area (Å²) in [5, 5.41) is 5.93. The molecule has 0 atom stereocenters. The molecule has 1 amide bonds. The van der Waals surface area contributed by atoms with Crippen molar-refractivity contribution in [2.45, 2.75) is 13.8 Å². The van der Waals surface area contributed by atoms with E-state index in [0.29, 0.717) is 6.61 Å². The molecular weight excluding hydrogens is 264 g/mol. The van der Waals surface area contributed by atoms with E-state index < -0.39 is 0 Å². The minimum Gasteiger partial charge on any atom is -0.494 e. The SMILES string of the molecule is CCOc1cccc(NCC(=O)Nc2ccc(C)cc2)c1. The predicted octanol–water partition coefficient (Wildman–Crippen LogP) is 3.44. The van der Waals surface area contributed by atoms with Crippen LogP contribution in [0, 0.1) is 6.92 Å². The Bertz CT molecular complexity index is 594. The first kappa shape index (κ1) is 14.9. The molecule has 2 N–H and O–H groups in total. The number of anilines is 2. The van der Waals surface area contributed by atoms with Crippen molar-refractivity contribution in [3.8, 4) is 5.75 Å². The van der Waals surface area contributed by atoms with E-state index in [0.717, 1.165) is 17.1 Å². The van der Waals surface area contributed by atoms with Crippen molar-refractivity contribution in [2.75, 3.05) is 23.8 Å². The molecule has 0 aliphatic heterocycles. The van der Waals surface area contributed by atoms with Gasteiger partial charge >= 0.3 is 0 Å². The normalized spacial score (nSPS) is 10.0. The van der Waals surface area contributed by atoms with Crippen LogP contribution in [0.3, 0.4) is 0 Å². The van der Waals surface area contributed by atoms with Crippen LogP contribution in [-0.4, -0.2) is 19.1 Å². The molecule has 2 aromatic carbocycles. The second kappa shape index (κ2) is 7.33. The van der Waals surface area contributed by atoms with Gasteiger partial charge in [0, 0.05) is 17.4 Å². The van der Waals surface area contributed by atoms with E-state index in [2.05, 4.69) is 10.6 Å². The van der Waals surface area contributed by atoms with Gasteiger partial charge in [-0.2, -0.15) is 0 Å². The van der Waals surface area contributed by atoms with Crippen molar-refractivity contribution in [1.82, 2.24) is 0 Å². The molecule has 0 bridgehead atoms. The fraction of sp³-hybridized carbons (Fsp3) is 0.235. The van der Waals surface area contributed by atoms with Crippen LogP contribution in [0.15, 0.2) is 48.5 Å². The van der Waals surface area contributed by atoms with Gasteiger partial charge in [0.15, 0.2) is 0 Å². The lowest BCUT2D eigenvalue weighted by Gasteiger charge is -2.09. The zero-order chi connectivity index (χ0) is 15.1. The molecule has 2 aromatic rings. The minimum absolute atomic E-state index is 0.0827. The number of carbonyl (C=O) groups is 1. The summed E-state index contributed by atoms with van der Waals surface area (Å²) < 4.78 is 5.42. The zero-order valence-corrected chi connectivity index (χ0v) is 12.3. The van der Waals surface area contributed by atoms with E-state index in [1.165, 1.54) is 5.56 Å². The summed E-state index contributed by atoms with van der Waals surface area (Å²) in [5.74, 6) is 0.710. The van der Waals surface area contributed by atoms with Gasteiger partial charge in [0.1, 0.15) is 5.75 Å². The predicted molar refractivity (Wildman–Crippen MR) is 85.9 cm³/mol. The summed E-state index contributed by atoms with van der Waals surface area (Å²) in [6.07, 6.45) is 0. The summed E-state index contributed by atoms with van der Waals surface area (Å²) in [6.45, 7) is 4.79. The fourth-order valence-electron chi connectivity index (χ4n) is 1.89. The molecule has 0 saturated carbocycles. The van der Waals surface area contributed by atoms with Gasteiger partial charge in [-0.3, -0.25) is 4.79 Å². The Morgan fingerprint density at radius 1 is 1.10 bits per heavy atom. The van der Waals surface area contributed by atoms with E-state index in [1.54, 1.807) is 0 Å². The molecule has 21 heavy (non-hydrogen) atoms. The molecule has 0 aliphatic carbocycles. The van der Waals surface area contributed by atoms with Gasteiger partial charge in [-0.25, -0.2) is 0 Å². The molecule has 0 heterocycles. The lowest BCUT2D eigenvalue weighted by Crippen LogP contribution is -2.21. The zero-order valence-electron chi connectivity index (χ0n) is 12.3. The highest BCUT2D eigenvalue weighted by atomic mass is 16.5. The van der Waals surface area contributed by atoms with E-state index in [9.17, 15) is 4.79 Å². The third kappa shape index (κ3) is 4.84. The summed E-state index contributed by atoms with van der Waals surface area (Å²) in [4.78, 5) is 11.9. The van der Waals surface area contributed by atoms with Gasteiger partial charge in [0.25, 0.3) is 0 Å². The molecular formula is C17H20N2O2. The maximum Gasteiger partial charge on any atom is 0.243 e. The van der Waals surface area contributed by atoms with Crippen LogP contribution in [0.5, 0.6) is 5.75 Å². The van der Waals surface area contributed by atoms with E-state index >= 15 is 0 Å². The van der Waals surface area contributed by atoms with Crippen LogP contribution in [0.2, 0.25) is 0 Å². The molecule has 0 aliphatic rings. The van der Waals surface area contributed by atoms with Crippen LogP contribution in [0.25, 0.3) is 0 Å². The lowest BCUT2D eigenvalue weighted by molar-refractivity contribution is -0.114. The van der Waals surface area contributed by atoms with Crippen molar-refractivity contribution >= 4 is 17.3 Å². The average molecular weight is 284 g/mol. The molecule has 110 valence electrons. The van der Waals surface area contributed by atoms with Crippen molar-refractivity contribution in [3.05, 3.63) is 54.1 Å². The Balaban J connectivity index is 1.86. The van der Waals surface area contributed by atoms with Crippen molar-refractivity contribution in [2.24, 2.45) is 0 Å². The smallest absolute Gasteiger partial charge is 0.243 e. The van der Waals surface area contributed by atoms with Crippen LogP contribution in [-0.2, 0) is 4.79 Å². The highest BCUT2D eigenvalue weighted by Crippen LogP contribution is 2.17. The van der Waals surface area contributed by atoms with Crippen molar-refractivity contribution in [1.29, 1.82) is 0 Å². The van der Waals surface area contributed by atoms with Gasteiger partial charge in [-0.05, 0) is 38.1 Å². The van der Waals surface area contributed by atoms with Crippen LogP contribution >= 0.6 is 0 Å². The maximum atomic E-state index is 11.9. The highest BCUT2D eigenvalue weighted by Gasteiger charge is 2.03. The van der Waals surface area contributed by atoms with Gasteiger partial charge in [0.05, 0.1) is 13.2 Å². The van der Waals surface area contributed by atoms with Crippen LogP contribution in [0.4, 0.5) is 11.4 Å². The molecule has 0 saturated heterocycles. The summed E-state index contributed by atoms with van der Waals surface area (Å²) >= 11 is 0. The van der Waals surface area contributed by atoms with E-state index in [1.807, 2.05) is 62.4 Å². The number of hydrogen-bond donors (Lipinski definition) is 2. The monoisotopic (exact) mass is 284 g/mol. The molecule has 0 spiro atoms. The quantitative estimate of drug-likeness (QED) is 0.854.